The van der Waals surface area contributed by atoms with Crippen molar-refractivity contribution in [3.8, 4) is 0 Å². The van der Waals surface area contributed by atoms with Gasteiger partial charge in [0.05, 0.1) is 23.1 Å². The van der Waals surface area contributed by atoms with Crippen molar-refractivity contribution in [1.29, 1.82) is 0 Å². The van der Waals surface area contributed by atoms with E-state index in [1.165, 1.54) is 6.07 Å². The molecule has 1 atom stereocenters. The lowest BCUT2D eigenvalue weighted by molar-refractivity contribution is -0.384. The Morgan fingerprint density at radius 2 is 1.79 bits per heavy atom. The largest absolute Gasteiger partial charge is 0.462 e. The minimum Gasteiger partial charge on any atom is -0.462 e. The van der Waals surface area contributed by atoms with E-state index < -0.39 is 16.8 Å². The molecule has 0 saturated carbocycles. The van der Waals surface area contributed by atoms with Crippen molar-refractivity contribution in [3.63, 3.8) is 0 Å². The van der Waals surface area contributed by atoms with Gasteiger partial charge in [0, 0.05) is 24.2 Å². The number of carbonyl (C=O) groups is 2. The number of rotatable bonds is 8. The van der Waals surface area contributed by atoms with E-state index in [1.54, 1.807) is 6.92 Å². The summed E-state index contributed by atoms with van der Waals surface area (Å²) in [5.41, 5.74) is 0.679. The molecule has 28 heavy (non-hydrogen) atoms. The van der Waals surface area contributed by atoms with Crippen LogP contribution >= 0.6 is 0 Å². The molecule has 148 valence electrons. The highest BCUT2D eigenvalue weighted by atomic mass is 16.6. The van der Waals surface area contributed by atoms with E-state index in [9.17, 15) is 19.7 Å². The number of hydrogen-bond donors (Lipinski definition) is 1. The molecular formula is C20H23N3O5. The van der Waals surface area contributed by atoms with Crippen LogP contribution in [0.5, 0.6) is 0 Å². The average Bonchev–Trinajstić information content (AvgIpc) is 2.68. The fraction of sp³-hybridized carbons (Fsp3) is 0.300. The number of benzene rings is 2. The van der Waals surface area contributed by atoms with Crippen molar-refractivity contribution in [1.82, 2.24) is 10.2 Å². The first kappa shape index (κ1) is 21.0. The summed E-state index contributed by atoms with van der Waals surface area (Å²) in [5.74, 6) is -1.22. The molecule has 0 spiro atoms. The summed E-state index contributed by atoms with van der Waals surface area (Å²) >= 11 is 0. The third-order valence-electron chi connectivity index (χ3n) is 4.17. The lowest BCUT2D eigenvalue weighted by Gasteiger charge is -2.25. The van der Waals surface area contributed by atoms with Gasteiger partial charge < -0.3 is 15.0 Å². The maximum Gasteiger partial charge on any atom is 0.338 e. The maximum atomic E-state index is 12.6. The number of esters is 1. The number of nitro benzene ring substituents is 1. The van der Waals surface area contributed by atoms with Crippen molar-refractivity contribution in [2.45, 2.75) is 13.0 Å². The molecule has 2 aromatic carbocycles. The summed E-state index contributed by atoms with van der Waals surface area (Å²) in [6.07, 6.45) is 0. The van der Waals surface area contributed by atoms with Gasteiger partial charge in [-0.15, -0.1) is 0 Å². The predicted molar refractivity (Wildman–Crippen MR) is 104 cm³/mol. The Morgan fingerprint density at radius 1 is 1.14 bits per heavy atom. The smallest absolute Gasteiger partial charge is 0.338 e. The number of nitro groups is 1. The summed E-state index contributed by atoms with van der Waals surface area (Å²) in [6, 6.07) is 13.1. The molecule has 0 aromatic heterocycles. The number of ether oxygens (including phenoxy) is 1. The highest BCUT2D eigenvalue weighted by molar-refractivity contribution is 5.99. The normalized spacial score (nSPS) is 11.7. The number of amides is 1. The molecule has 0 aliphatic carbocycles. The Kier molecular flexibility index (Phi) is 7.22. The monoisotopic (exact) mass is 385 g/mol. The highest BCUT2D eigenvalue weighted by Crippen LogP contribution is 2.20. The summed E-state index contributed by atoms with van der Waals surface area (Å²) in [4.78, 5) is 37.0. The molecule has 0 heterocycles. The van der Waals surface area contributed by atoms with Gasteiger partial charge in [0.25, 0.3) is 11.6 Å². The number of nitrogens with one attached hydrogen (secondary N) is 1. The van der Waals surface area contributed by atoms with E-state index in [4.69, 9.17) is 4.74 Å². The van der Waals surface area contributed by atoms with Gasteiger partial charge in [-0.1, -0.05) is 30.3 Å². The molecule has 0 unspecified atom stereocenters. The molecular weight excluding hydrogens is 362 g/mol. The average molecular weight is 385 g/mol. The fourth-order valence-electron chi connectivity index (χ4n) is 2.75. The minimum atomic E-state index is -0.712. The number of carbonyl (C=O) groups excluding carboxylic acids is 2. The topological polar surface area (TPSA) is 102 Å². The van der Waals surface area contributed by atoms with Crippen molar-refractivity contribution < 1.29 is 19.2 Å². The van der Waals surface area contributed by atoms with Crippen LogP contribution in [0.1, 0.15) is 39.2 Å². The summed E-state index contributed by atoms with van der Waals surface area (Å²) in [7, 11) is 3.80. The van der Waals surface area contributed by atoms with Gasteiger partial charge in [-0.05, 0) is 32.6 Å². The van der Waals surface area contributed by atoms with E-state index in [-0.39, 0.29) is 29.5 Å². The molecule has 1 amide bonds. The van der Waals surface area contributed by atoms with Crippen LogP contribution in [0.25, 0.3) is 0 Å². The molecule has 0 bridgehead atoms. The zero-order valence-corrected chi connectivity index (χ0v) is 16.0. The van der Waals surface area contributed by atoms with Gasteiger partial charge in [0.1, 0.15) is 0 Å². The summed E-state index contributed by atoms with van der Waals surface area (Å²) in [6.45, 7) is 2.06. The van der Waals surface area contributed by atoms with E-state index >= 15 is 0 Å². The van der Waals surface area contributed by atoms with Crippen LogP contribution in [0, 0.1) is 10.1 Å². The molecule has 8 nitrogen and oxygen atoms in total. The van der Waals surface area contributed by atoms with Crippen LogP contribution in [-0.4, -0.2) is 48.9 Å². The third-order valence-corrected chi connectivity index (χ3v) is 4.17. The van der Waals surface area contributed by atoms with Crippen molar-refractivity contribution in [2.75, 3.05) is 27.2 Å². The Labute approximate surface area is 163 Å². The molecule has 8 heteroatoms. The zero-order chi connectivity index (χ0) is 20.7. The lowest BCUT2D eigenvalue weighted by atomic mass is 10.1. The summed E-state index contributed by atoms with van der Waals surface area (Å²) < 4.78 is 4.88. The van der Waals surface area contributed by atoms with E-state index in [0.717, 1.165) is 17.7 Å². The molecule has 0 aliphatic heterocycles. The SMILES string of the molecule is CCOC(=O)c1cc(C(=O)NC[C@@H](c2ccccc2)N(C)C)cc([N+](=O)[O-])c1. The lowest BCUT2D eigenvalue weighted by Crippen LogP contribution is -2.34. The van der Waals surface area contributed by atoms with Gasteiger partial charge in [-0.3, -0.25) is 14.9 Å². The molecule has 2 rings (SSSR count). The van der Waals surface area contributed by atoms with Gasteiger partial charge in [0.15, 0.2) is 0 Å². The van der Waals surface area contributed by atoms with Crippen LogP contribution in [0.4, 0.5) is 5.69 Å². The zero-order valence-electron chi connectivity index (χ0n) is 16.0. The third kappa shape index (κ3) is 5.37. The molecule has 1 N–H and O–H groups in total. The van der Waals surface area contributed by atoms with Crippen molar-refractivity contribution >= 4 is 17.6 Å². The second-order valence-corrected chi connectivity index (χ2v) is 6.35. The molecule has 0 saturated heterocycles. The van der Waals surface area contributed by atoms with Crippen LogP contribution < -0.4 is 5.32 Å². The van der Waals surface area contributed by atoms with Crippen LogP contribution in [0.3, 0.4) is 0 Å². The summed E-state index contributed by atoms with van der Waals surface area (Å²) in [5, 5.41) is 14.0. The molecule has 0 fully saturated rings. The Balaban J connectivity index is 2.22. The Bertz CT molecular complexity index is 852. The second kappa shape index (κ2) is 9.61. The van der Waals surface area contributed by atoms with Gasteiger partial charge in [-0.25, -0.2) is 4.79 Å². The van der Waals surface area contributed by atoms with Gasteiger partial charge in [-0.2, -0.15) is 0 Å². The first-order valence-electron chi connectivity index (χ1n) is 8.79. The van der Waals surface area contributed by atoms with Crippen molar-refractivity contribution in [3.05, 3.63) is 75.3 Å². The maximum absolute atomic E-state index is 12.6. The second-order valence-electron chi connectivity index (χ2n) is 6.35. The first-order valence-corrected chi connectivity index (χ1v) is 8.79. The fourth-order valence-corrected chi connectivity index (χ4v) is 2.75. The van der Waals surface area contributed by atoms with E-state index in [2.05, 4.69) is 5.32 Å². The number of nitrogens with zero attached hydrogens (tertiary/aromatic N) is 2. The first-order chi connectivity index (χ1) is 13.3. The highest BCUT2D eigenvalue weighted by Gasteiger charge is 2.20. The van der Waals surface area contributed by atoms with Crippen molar-refractivity contribution in [2.24, 2.45) is 0 Å². The van der Waals surface area contributed by atoms with E-state index in [0.29, 0.717) is 6.54 Å². The van der Waals surface area contributed by atoms with Gasteiger partial charge >= 0.3 is 5.97 Å². The van der Waals surface area contributed by atoms with Crippen LogP contribution in [0.2, 0.25) is 0 Å². The number of non-ortho nitro benzene ring substituents is 1. The molecule has 0 aliphatic rings. The number of hydrogen-bond acceptors (Lipinski definition) is 6. The Morgan fingerprint density at radius 3 is 2.36 bits per heavy atom. The van der Waals surface area contributed by atoms with Gasteiger partial charge in [0.2, 0.25) is 0 Å². The quantitative estimate of drug-likeness (QED) is 0.426. The standard InChI is InChI=1S/C20H23N3O5/c1-4-28-20(25)16-10-15(11-17(12-16)23(26)27)19(24)21-13-18(22(2)3)14-8-6-5-7-9-14/h5-12,18H,4,13H2,1-3H3,(H,21,24)/t18-/m0/s1. The molecule has 2 aromatic rings. The predicted octanol–water partition coefficient (Wildman–Crippen LogP) is 2.80. The van der Waals surface area contributed by atoms with Crippen LogP contribution in [0.15, 0.2) is 48.5 Å². The number of likely N-dealkylation sites (N-methyl/N-ethyl adjacent to an activating group) is 1. The Hall–Kier alpha value is -3.26. The molecule has 0 radical (unpaired) electrons. The minimum absolute atomic E-state index is 0.0304. The van der Waals surface area contributed by atoms with E-state index in [1.807, 2.05) is 49.3 Å². The van der Waals surface area contributed by atoms with Crippen LogP contribution in [-0.2, 0) is 4.74 Å².